The van der Waals surface area contributed by atoms with Crippen LogP contribution >= 0.6 is 11.8 Å². The van der Waals surface area contributed by atoms with Crippen LogP contribution in [-0.4, -0.2) is 55.4 Å². The van der Waals surface area contributed by atoms with Crippen molar-refractivity contribution in [2.24, 2.45) is 0 Å². The molecule has 26 heavy (non-hydrogen) atoms. The number of β-amino-alcohol motifs (C(OH)–C–C–N with tert-alkyl or cyclic N) is 1. The molecule has 0 aromatic heterocycles. The average molecular weight is 375 g/mol. The van der Waals surface area contributed by atoms with Crippen molar-refractivity contribution in [3.63, 3.8) is 0 Å². The Morgan fingerprint density at radius 3 is 2.42 bits per heavy atom. The molecule has 2 saturated heterocycles. The van der Waals surface area contributed by atoms with Crippen molar-refractivity contribution >= 4 is 40.3 Å². The molecule has 9 heteroatoms. The van der Waals surface area contributed by atoms with E-state index >= 15 is 0 Å². The van der Waals surface area contributed by atoms with Crippen molar-refractivity contribution in [1.82, 2.24) is 10.2 Å². The second kappa shape index (κ2) is 6.26. The van der Waals surface area contributed by atoms with Crippen LogP contribution in [0.3, 0.4) is 0 Å². The van der Waals surface area contributed by atoms with E-state index < -0.39 is 39.9 Å². The Bertz CT molecular complexity index is 862. The smallest absolute Gasteiger partial charge is 0.296 e. The Hall–Kier alpha value is -2.65. The number of aryl methyl sites for hydroxylation is 1. The van der Waals surface area contributed by atoms with Crippen LogP contribution in [0.15, 0.2) is 29.8 Å². The fraction of sp³-hybridized carbons (Fsp3) is 0.294. The predicted molar refractivity (Wildman–Crippen MR) is 95.3 cm³/mol. The molecule has 2 aliphatic rings. The second-order valence-corrected chi connectivity index (χ2v) is 7.42. The lowest BCUT2D eigenvalue weighted by Crippen LogP contribution is -2.52. The third kappa shape index (κ3) is 2.60. The van der Waals surface area contributed by atoms with E-state index in [1.165, 1.54) is 6.92 Å². The van der Waals surface area contributed by atoms with Crippen molar-refractivity contribution in [3.8, 4) is 0 Å². The standard InChI is InChI=1S/C17H17N3O5S/c1-8-3-5-10(6-4-8)12(22)11-13(23)14(24)20(7-9(2)21)17(11)15(25)19-16(18)26-17/h3-6,9,21-22H,7H2,1-2H3,(H2,18,19,25)/b12-11-. The molecular weight excluding hydrogens is 358 g/mol. The summed E-state index contributed by atoms with van der Waals surface area (Å²) in [5.41, 5.74) is 0.814. The molecule has 2 unspecified atom stereocenters. The number of benzene rings is 1. The van der Waals surface area contributed by atoms with E-state index in [4.69, 9.17) is 5.41 Å². The Morgan fingerprint density at radius 1 is 1.31 bits per heavy atom. The molecule has 2 atom stereocenters. The maximum Gasteiger partial charge on any atom is 0.296 e. The molecule has 4 N–H and O–H groups in total. The van der Waals surface area contributed by atoms with Gasteiger partial charge in [0.05, 0.1) is 11.7 Å². The van der Waals surface area contributed by atoms with Crippen molar-refractivity contribution in [2.75, 3.05) is 6.54 Å². The van der Waals surface area contributed by atoms with Crippen molar-refractivity contribution in [2.45, 2.75) is 24.8 Å². The van der Waals surface area contributed by atoms with Crippen LogP contribution in [0.1, 0.15) is 18.1 Å². The number of aliphatic hydroxyl groups excluding tert-OH is 2. The highest BCUT2D eigenvalue weighted by atomic mass is 32.2. The quantitative estimate of drug-likeness (QED) is 0.347. The Kier molecular flexibility index (Phi) is 4.37. The minimum Gasteiger partial charge on any atom is -0.507 e. The number of ketones is 1. The molecule has 1 spiro atoms. The SMILES string of the molecule is Cc1ccc(/C(O)=C2\C(=O)C(=O)N(CC(C)O)C23SC(=N)NC3=O)cc1. The lowest BCUT2D eigenvalue weighted by Gasteiger charge is -2.31. The van der Waals surface area contributed by atoms with Gasteiger partial charge in [0.2, 0.25) is 4.87 Å². The van der Waals surface area contributed by atoms with Gasteiger partial charge in [-0.25, -0.2) is 0 Å². The number of rotatable bonds is 3. The molecule has 0 saturated carbocycles. The van der Waals surface area contributed by atoms with Crippen molar-refractivity contribution in [3.05, 3.63) is 41.0 Å². The van der Waals surface area contributed by atoms with E-state index in [0.29, 0.717) is 11.8 Å². The Labute approximate surface area is 153 Å². The topological polar surface area (TPSA) is 131 Å². The third-order valence-electron chi connectivity index (χ3n) is 4.18. The van der Waals surface area contributed by atoms with E-state index in [1.807, 2.05) is 6.92 Å². The molecule has 2 heterocycles. The molecular formula is C17H17N3O5S. The van der Waals surface area contributed by atoms with Gasteiger partial charge < -0.3 is 20.4 Å². The lowest BCUT2D eigenvalue weighted by molar-refractivity contribution is -0.142. The highest BCUT2D eigenvalue weighted by Crippen LogP contribution is 2.48. The van der Waals surface area contributed by atoms with Gasteiger partial charge in [0.15, 0.2) is 5.17 Å². The fourth-order valence-electron chi connectivity index (χ4n) is 3.01. The summed E-state index contributed by atoms with van der Waals surface area (Å²) < 4.78 is 0. The summed E-state index contributed by atoms with van der Waals surface area (Å²) in [6.45, 7) is 2.98. The molecule has 2 amide bonds. The monoisotopic (exact) mass is 375 g/mol. The zero-order valence-corrected chi connectivity index (χ0v) is 14.9. The minimum atomic E-state index is -1.91. The highest BCUT2D eigenvalue weighted by molar-refractivity contribution is 8.16. The molecule has 3 rings (SSSR count). The van der Waals surface area contributed by atoms with E-state index in [0.717, 1.165) is 10.5 Å². The molecule has 2 fully saturated rings. The largest absolute Gasteiger partial charge is 0.507 e. The van der Waals surface area contributed by atoms with Gasteiger partial charge in [0.25, 0.3) is 17.6 Å². The fourth-order valence-corrected chi connectivity index (χ4v) is 4.15. The van der Waals surface area contributed by atoms with Crippen LogP contribution in [-0.2, 0) is 14.4 Å². The molecule has 0 radical (unpaired) electrons. The number of likely N-dealkylation sites (tertiary alicyclic amines) is 1. The predicted octanol–water partition coefficient (Wildman–Crippen LogP) is 0.550. The Morgan fingerprint density at radius 2 is 1.92 bits per heavy atom. The molecule has 1 aromatic carbocycles. The zero-order valence-electron chi connectivity index (χ0n) is 14.1. The number of nitrogens with one attached hydrogen (secondary N) is 2. The van der Waals surface area contributed by atoms with Crippen LogP contribution < -0.4 is 5.32 Å². The van der Waals surface area contributed by atoms with E-state index in [2.05, 4.69) is 5.32 Å². The van der Waals surface area contributed by atoms with Gasteiger partial charge in [-0.2, -0.15) is 0 Å². The number of hydrogen-bond acceptors (Lipinski definition) is 7. The number of thioether (sulfide) groups is 1. The molecule has 0 bridgehead atoms. The maximum absolute atomic E-state index is 12.6. The average Bonchev–Trinajstić information content (AvgIpc) is 2.96. The number of amides is 2. The van der Waals surface area contributed by atoms with Crippen LogP contribution in [0.2, 0.25) is 0 Å². The van der Waals surface area contributed by atoms with Crippen LogP contribution in [0, 0.1) is 12.3 Å². The number of Topliss-reactive ketones (excluding diaryl/α,β-unsaturated/α-hetero) is 1. The van der Waals surface area contributed by atoms with Gasteiger partial charge in [-0.3, -0.25) is 19.8 Å². The van der Waals surface area contributed by atoms with Crippen LogP contribution in [0.25, 0.3) is 5.76 Å². The molecule has 2 aliphatic heterocycles. The van der Waals surface area contributed by atoms with Gasteiger partial charge in [-0.1, -0.05) is 29.8 Å². The van der Waals surface area contributed by atoms with E-state index in [1.54, 1.807) is 24.3 Å². The van der Waals surface area contributed by atoms with E-state index in [-0.39, 0.29) is 17.3 Å². The minimum absolute atomic E-state index is 0.248. The summed E-state index contributed by atoms with van der Waals surface area (Å²) in [7, 11) is 0. The number of carbonyl (C=O) groups excluding carboxylic acids is 3. The summed E-state index contributed by atoms with van der Waals surface area (Å²) in [6, 6.07) is 6.58. The van der Waals surface area contributed by atoms with Gasteiger partial charge in [-0.05, 0) is 25.6 Å². The summed E-state index contributed by atoms with van der Waals surface area (Å²) >= 11 is 0.653. The number of amidine groups is 1. The van der Waals surface area contributed by atoms with E-state index in [9.17, 15) is 24.6 Å². The highest BCUT2D eigenvalue weighted by Gasteiger charge is 2.65. The molecule has 1 aromatic rings. The van der Waals surface area contributed by atoms with Crippen LogP contribution in [0.5, 0.6) is 0 Å². The van der Waals surface area contributed by atoms with Crippen molar-refractivity contribution in [1.29, 1.82) is 5.41 Å². The van der Waals surface area contributed by atoms with Crippen LogP contribution in [0.4, 0.5) is 0 Å². The maximum atomic E-state index is 12.6. The first-order chi connectivity index (χ1) is 12.2. The molecule has 136 valence electrons. The number of nitrogens with zero attached hydrogens (tertiary/aromatic N) is 1. The number of aliphatic hydroxyl groups is 2. The van der Waals surface area contributed by atoms with Gasteiger partial charge in [0.1, 0.15) is 5.76 Å². The van der Waals surface area contributed by atoms with Crippen molar-refractivity contribution < 1.29 is 24.6 Å². The van der Waals surface area contributed by atoms with Gasteiger partial charge in [-0.15, -0.1) is 0 Å². The number of hydrogen-bond donors (Lipinski definition) is 4. The second-order valence-electron chi connectivity index (χ2n) is 6.21. The Balaban J connectivity index is 2.25. The molecule has 0 aliphatic carbocycles. The summed E-state index contributed by atoms with van der Waals surface area (Å²) in [4.78, 5) is 36.8. The van der Waals surface area contributed by atoms with Gasteiger partial charge >= 0.3 is 0 Å². The lowest BCUT2D eigenvalue weighted by atomic mass is 9.99. The third-order valence-corrected chi connectivity index (χ3v) is 5.39. The number of carbonyl (C=O) groups is 3. The zero-order chi connectivity index (χ0) is 19.2. The summed E-state index contributed by atoms with van der Waals surface area (Å²) in [5.74, 6) is -3.30. The first-order valence-electron chi connectivity index (χ1n) is 7.82. The molecule has 8 nitrogen and oxygen atoms in total. The normalized spacial score (nSPS) is 25.9. The first-order valence-corrected chi connectivity index (χ1v) is 8.64. The van der Waals surface area contributed by atoms with Gasteiger partial charge in [0, 0.05) is 12.1 Å². The first kappa shape index (κ1) is 18.2. The summed E-state index contributed by atoms with van der Waals surface area (Å²) in [5, 5.41) is 30.2. The summed E-state index contributed by atoms with van der Waals surface area (Å²) in [6.07, 6.45) is -1.01.